The van der Waals surface area contributed by atoms with Gasteiger partial charge in [0.25, 0.3) is 0 Å². The van der Waals surface area contributed by atoms with Crippen LogP contribution in [0.4, 0.5) is 15.9 Å². The highest BCUT2D eigenvalue weighted by atomic mass is 19.1. The molecule has 1 saturated heterocycles. The summed E-state index contributed by atoms with van der Waals surface area (Å²) in [4.78, 5) is 8.71. The molecule has 1 aliphatic rings. The molecule has 1 aliphatic heterocycles. The molecule has 0 unspecified atom stereocenters. The first-order valence-electron chi connectivity index (χ1n) is 8.14. The molecule has 7 heteroatoms. The molecular formula is C17H19FN6. The van der Waals surface area contributed by atoms with Gasteiger partial charge in [0.1, 0.15) is 18.0 Å². The van der Waals surface area contributed by atoms with Crippen LogP contribution in [-0.4, -0.2) is 32.8 Å². The van der Waals surface area contributed by atoms with E-state index < -0.39 is 0 Å². The van der Waals surface area contributed by atoms with Crippen LogP contribution in [-0.2, 0) is 0 Å². The van der Waals surface area contributed by atoms with E-state index in [-0.39, 0.29) is 5.82 Å². The molecule has 0 atom stereocenters. The fraction of sp³-hybridized carbons (Fsp3) is 0.353. The average Bonchev–Trinajstić information content (AvgIpc) is 3.04. The topological polar surface area (TPSA) is 67.7 Å². The molecule has 3 heterocycles. The Bertz CT molecular complexity index is 869. The fourth-order valence-corrected chi connectivity index (χ4v) is 3.09. The minimum atomic E-state index is -0.240. The maximum Gasteiger partial charge on any atom is 0.163 e. The summed E-state index contributed by atoms with van der Waals surface area (Å²) in [5.74, 6) is 0.402. The lowest BCUT2D eigenvalue weighted by Gasteiger charge is -2.23. The molecule has 6 nitrogen and oxygen atoms in total. The van der Waals surface area contributed by atoms with Gasteiger partial charge in [-0.2, -0.15) is 5.10 Å². The highest BCUT2D eigenvalue weighted by Crippen LogP contribution is 2.27. The first-order valence-corrected chi connectivity index (χ1v) is 8.14. The van der Waals surface area contributed by atoms with Crippen molar-refractivity contribution >= 4 is 22.5 Å². The zero-order valence-corrected chi connectivity index (χ0v) is 13.5. The van der Waals surface area contributed by atoms with E-state index in [0.717, 1.165) is 37.0 Å². The summed E-state index contributed by atoms with van der Waals surface area (Å²) >= 11 is 0. The van der Waals surface area contributed by atoms with Crippen LogP contribution < -0.4 is 10.6 Å². The summed E-state index contributed by atoms with van der Waals surface area (Å²) in [5, 5.41) is 11.9. The molecule has 3 aromatic rings. The molecule has 1 aromatic carbocycles. The van der Waals surface area contributed by atoms with Gasteiger partial charge in [0.2, 0.25) is 0 Å². The predicted octanol–water partition coefficient (Wildman–Crippen LogP) is 2.94. The Hall–Kier alpha value is -2.54. The molecular weight excluding hydrogens is 307 g/mol. The van der Waals surface area contributed by atoms with Crippen molar-refractivity contribution in [3.05, 3.63) is 42.1 Å². The highest BCUT2D eigenvalue weighted by molar-refractivity contribution is 5.88. The molecule has 0 aliphatic carbocycles. The van der Waals surface area contributed by atoms with E-state index in [1.54, 1.807) is 19.2 Å². The summed E-state index contributed by atoms with van der Waals surface area (Å²) in [5.41, 5.74) is 2.09. The lowest BCUT2D eigenvalue weighted by atomic mass is 10.1. The Kier molecular flexibility index (Phi) is 3.86. The van der Waals surface area contributed by atoms with Crippen molar-refractivity contribution in [3.8, 4) is 0 Å². The highest BCUT2D eigenvalue weighted by Gasteiger charge is 2.19. The van der Waals surface area contributed by atoms with Gasteiger partial charge < -0.3 is 10.6 Å². The normalized spacial score (nSPS) is 15.8. The van der Waals surface area contributed by atoms with Crippen LogP contribution in [0.2, 0.25) is 0 Å². The first kappa shape index (κ1) is 15.0. The van der Waals surface area contributed by atoms with Crippen molar-refractivity contribution in [2.45, 2.75) is 25.8 Å². The van der Waals surface area contributed by atoms with Crippen molar-refractivity contribution in [1.29, 1.82) is 0 Å². The SMILES string of the molecule is Cc1ccc(Nc2ncnc3c2cnn3C2CCNCC2)cc1F. The number of benzene rings is 1. The Morgan fingerprint density at radius 2 is 2.08 bits per heavy atom. The number of nitrogens with zero attached hydrogens (tertiary/aromatic N) is 4. The smallest absolute Gasteiger partial charge is 0.163 e. The number of nitrogens with one attached hydrogen (secondary N) is 2. The van der Waals surface area contributed by atoms with Crippen LogP contribution in [0.5, 0.6) is 0 Å². The summed E-state index contributed by atoms with van der Waals surface area (Å²) in [6.07, 6.45) is 5.37. The Balaban J connectivity index is 1.68. The molecule has 124 valence electrons. The van der Waals surface area contributed by atoms with Gasteiger partial charge >= 0.3 is 0 Å². The third kappa shape index (κ3) is 2.71. The van der Waals surface area contributed by atoms with Gasteiger partial charge in [-0.3, -0.25) is 0 Å². The minimum Gasteiger partial charge on any atom is -0.339 e. The van der Waals surface area contributed by atoms with E-state index in [1.807, 2.05) is 10.7 Å². The first-order chi connectivity index (χ1) is 11.7. The molecule has 4 rings (SSSR count). The van der Waals surface area contributed by atoms with Crippen molar-refractivity contribution in [1.82, 2.24) is 25.1 Å². The predicted molar refractivity (Wildman–Crippen MR) is 90.9 cm³/mol. The Labute approximate surface area is 139 Å². The number of aromatic nitrogens is 4. The Morgan fingerprint density at radius 1 is 1.25 bits per heavy atom. The second-order valence-corrected chi connectivity index (χ2v) is 6.12. The van der Waals surface area contributed by atoms with E-state index >= 15 is 0 Å². The molecule has 1 fully saturated rings. The van der Waals surface area contributed by atoms with Crippen molar-refractivity contribution < 1.29 is 4.39 Å². The fourth-order valence-electron chi connectivity index (χ4n) is 3.09. The van der Waals surface area contributed by atoms with Crippen molar-refractivity contribution in [2.24, 2.45) is 0 Å². The molecule has 24 heavy (non-hydrogen) atoms. The van der Waals surface area contributed by atoms with Crippen LogP contribution in [0.1, 0.15) is 24.4 Å². The number of piperidine rings is 1. The quantitative estimate of drug-likeness (QED) is 0.774. The van der Waals surface area contributed by atoms with Crippen LogP contribution in [0.3, 0.4) is 0 Å². The zero-order chi connectivity index (χ0) is 16.5. The number of aryl methyl sites for hydroxylation is 1. The lowest BCUT2D eigenvalue weighted by Crippen LogP contribution is -2.29. The maximum absolute atomic E-state index is 13.7. The van der Waals surface area contributed by atoms with Gasteiger partial charge in [0, 0.05) is 5.69 Å². The number of halogens is 1. The molecule has 2 N–H and O–H groups in total. The molecule has 0 amide bonds. The van der Waals surface area contributed by atoms with Gasteiger partial charge in [0.05, 0.1) is 17.6 Å². The van der Waals surface area contributed by atoms with Crippen LogP contribution in [0.15, 0.2) is 30.7 Å². The number of fused-ring (bicyclic) bond motifs is 1. The van der Waals surface area contributed by atoms with E-state index in [4.69, 9.17) is 0 Å². The van der Waals surface area contributed by atoms with E-state index in [0.29, 0.717) is 23.1 Å². The average molecular weight is 326 g/mol. The molecule has 0 radical (unpaired) electrons. The largest absolute Gasteiger partial charge is 0.339 e. The van der Waals surface area contributed by atoms with Gasteiger partial charge in [-0.05, 0) is 50.6 Å². The van der Waals surface area contributed by atoms with Crippen LogP contribution >= 0.6 is 0 Å². The minimum absolute atomic E-state index is 0.240. The molecule has 0 bridgehead atoms. The Morgan fingerprint density at radius 3 is 2.88 bits per heavy atom. The molecule has 0 spiro atoms. The van der Waals surface area contributed by atoms with Gasteiger partial charge in [-0.15, -0.1) is 0 Å². The van der Waals surface area contributed by atoms with Gasteiger partial charge in [0.15, 0.2) is 5.65 Å². The third-order valence-electron chi connectivity index (χ3n) is 4.48. The van der Waals surface area contributed by atoms with Crippen LogP contribution in [0, 0.1) is 12.7 Å². The molecule has 2 aromatic heterocycles. The number of hydrogen-bond donors (Lipinski definition) is 2. The second-order valence-electron chi connectivity index (χ2n) is 6.12. The van der Waals surface area contributed by atoms with Gasteiger partial charge in [-0.25, -0.2) is 19.0 Å². The monoisotopic (exact) mass is 326 g/mol. The van der Waals surface area contributed by atoms with E-state index in [2.05, 4.69) is 25.7 Å². The summed E-state index contributed by atoms with van der Waals surface area (Å²) in [6, 6.07) is 5.40. The van der Waals surface area contributed by atoms with Crippen molar-refractivity contribution in [2.75, 3.05) is 18.4 Å². The third-order valence-corrected chi connectivity index (χ3v) is 4.48. The number of rotatable bonds is 3. The number of hydrogen-bond acceptors (Lipinski definition) is 5. The van der Waals surface area contributed by atoms with E-state index in [1.165, 1.54) is 12.4 Å². The van der Waals surface area contributed by atoms with E-state index in [9.17, 15) is 4.39 Å². The second kappa shape index (κ2) is 6.16. The standard InChI is InChI=1S/C17H19FN6/c1-11-2-3-12(8-15(11)18)23-16-14-9-22-24(17(14)21-10-20-16)13-4-6-19-7-5-13/h2-3,8-10,13,19H,4-7H2,1H3,(H,20,21,23). The zero-order valence-electron chi connectivity index (χ0n) is 13.5. The van der Waals surface area contributed by atoms with Gasteiger partial charge in [-0.1, -0.05) is 6.07 Å². The summed E-state index contributed by atoms with van der Waals surface area (Å²) in [7, 11) is 0. The van der Waals surface area contributed by atoms with Crippen molar-refractivity contribution in [3.63, 3.8) is 0 Å². The maximum atomic E-state index is 13.7. The summed E-state index contributed by atoms with van der Waals surface area (Å²) < 4.78 is 15.7. The lowest BCUT2D eigenvalue weighted by molar-refractivity contribution is 0.349. The number of anilines is 2. The van der Waals surface area contributed by atoms with Crippen LogP contribution in [0.25, 0.3) is 11.0 Å². The summed E-state index contributed by atoms with van der Waals surface area (Å²) in [6.45, 7) is 3.72. The molecule has 0 saturated carbocycles.